The normalized spacial score (nSPS) is 17.5. The van der Waals surface area contributed by atoms with E-state index in [9.17, 15) is 14.9 Å². The molecular weight excluding hydrogens is 432 g/mol. The summed E-state index contributed by atoms with van der Waals surface area (Å²) >= 11 is 6.30. The number of aryl methyl sites for hydroxylation is 1. The maximum absolute atomic E-state index is 12.4. The Morgan fingerprint density at radius 1 is 1.34 bits per heavy atom. The molecule has 9 heteroatoms. The van der Waals surface area contributed by atoms with E-state index in [4.69, 9.17) is 20.8 Å². The van der Waals surface area contributed by atoms with Crippen molar-refractivity contribution in [2.75, 3.05) is 19.7 Å². The van der Waals surface area contributed by atoms with E-state index in [1.54, 1.807) is 13.1 Å². The molecule has 3 aromatic rings. The highest BCUT2D eigenvalue weighted by molar-refractivity contribution is 6.35. The zero-order valence-corrected chi connectivity index (χ0v) is 18.3. The van der Waals surface area contributed by atoms with Crippen LogP contribution in [0.5, 0.6) is 0 Å². The van der Waals surface area contributed by atoms with Crippen molar-refractivity contribution in [2.24, 2.45) is 7.05 Å². The molecule has 0 unspecified atom stereocenters. The number of nitriles is 1. The number of nitrogens with one attached hydrogen (secondary N) is 2. The van der Waals surface area contributed by atoms with Crippen molar-refractivity contribution >= 4 is 28.6 Å². The van der Waals surface area contributed by atoms with E-state index in [-0.39, 0.29) is 5.91 Å². The Labute approximate surface area is 189 Å². The van der Waals surface area contributed by atoms with E-state index < -0.39 is 17.9 Å². The fraction of sp³-hybridized carbons (Fsp3) is 0.348. The van der Waals surface area contributed by atoms with Crippen molar-refractivity contribution < 1.29 is 13.9 Å². The lowest BCUT2D eigenvalue weighted by atomic mass is 10.0. The molecule has 166 valence electrons. The number of nitrogens with zero attached hydrogens (tertiary/aromatic N) is 2. The molecule has 0 saturated carbocycles. The van der Waals surface area contributed by atoms with Crippen molar-refractivity contribution in [3.8, 4) is 17.2 Å². The summed E-state index contributed by atoms with van der Waals surface area (Å²) in [7, 11) is 1.63. The summed E-state index contributed by atoms with van der Waals surface area (Å²) in [6.45, 7) is 1.77. The summed E-state index contributed by atoms with van der Waals surface area (Å²) in [5.41, 5.74) is 3.63. The number of ether oxygens (including phenoxy) is 1. The fourth-order valence-corrected chi connectivity index (χ4v) is 3.95. The van der Waals surface area contributed by atoms with E-state index in [1.165, 1.54) is 4.57 Å². The van der Waals surface area contributed by atoms with E-state index in [1.807, 2.05) is 30.3 Å². The molecule has 2 atom stereocenters. The summed E-state index contributed by atoms with van der Waals surface area (Å²) in [6.07, 6.45) is 0.639. The Balaban J connectivity index is 1.47. The number of fused-ring (bicyclic) bond motifs is 1. The lowest BCUT2D eigenvalue weighted by Crippen LogP contribution is -2.46. The summed E-state index contributed by atoms with van der Waals surface area (Å²) < 4.78 is 12.1. The first kappa shape index (κ1) is 22.1. The molecule has 1 amide bonds. The minimum Gasteiger partial charge on any atom is -0.406 e. The van der Waals surface area contributed by atoms with Crippen molar-refractivity contribution in [2.45, 2.75) is 25.0 Å². The van der Waals surface area contributed by atoms with Crippen LogP contribution in [0.15, 0.2) is 45.6 Å². The van der Waals surface area contributed by atoms with Crippen molar-refractivity contribution in [3.05, 3.63) is 57.5 Å². The predicted molar refractivity (Wildman–Crippen MR) is 120 cm³/mol. The molecular formula is C23H23ClN4O4. The number of halogens is 1. The fourth-order valence-electron chi connectivity index (χ4n) is 3.70. The van der Waals surface area contributed by atoms with Gasteiger partial charge in [-0.3, -0.25) is 9.36 Å². The van der Waals surface area contributed by atoms with Gasteiger partial charge >= 0.3 is 5.76 Å². The topological polar surface area (TPSA) is 109 Å². The van der Waals surface area contributed by atoms with Crippen LogP contribution in [0.4, 0.5) is 0 Å². The first-order chi connectivity index (χ1) is 15.5. The van der Waals surface area contributed by atoms with Gasteiger partial charge < -0.3 is 19.8 Å². The molecule has 2 N–H and O–H groups in total. The van der Waals surface area contributed by atoms with Crippen molar-refractivity contribution in [3.63, 3.8) is 0 Å². The lowest BCUT2D eigenvalue weighted by molar-refractivity contribution is -0.132. The second kappa shape index (κ2) is 9.57. The third-order valence-electron chi connectivity index (χ3n) is 5.49. The third-order valence-corrected chi connectivity index (χ3v) is 5.77. The number of hydrogen-bond donors (Lipinski definition) is 2. The molecule has 4 rings (SSSR count). The monoisotopic (exact) mass is 454 g/mol. The molecule has 2 aromatic carbocycles. The Morgan fingerprint density at radius 2 is 2.12 bits per heavy atom. The number of carbonyl (C=O) groups is 1. The summed E-state index contributed by atoms with van der Waals surface area (Å²) in [5, 5.41) is 15.8. The highest BCUT2D eigenvalue weighted by Crippen LogP contribution is 2.30. The number of aromatic nitrogens is 1. The molecule has 0 bridgehead atoms. The average Bonchev–Trinajstić information content (AvgIpc) is 2.98. The lowest BCUT2D eigenvalue weighted by Gasteiger charge is -2.18. The first-order valence-electron chi connectivity index (χ1n) is 10.4. The zero-order valence-electron chi connectivity index (χ0n) is 17.6. The highest BCUT2D eigenvalue weighted by atomic mass is 35.5. The second-order valence-electron chi connectivity index (χ2n) is 7.74. The van der Waals surface area contributed by atoms with Gasteiger partial charge in [-0.2, -0.15) is 5.26 Å². The van der Waals surface area contributed by atoms with Gasteiger partial charge in [0.2, 0.25) is 0 Å². The molecule has 1 aliphatic heterocycles. The van der Waals surface area contributed by atoms with Crippen LogP contribution in [0.2, 0.25) is 5.02 Å². The largest absolute Gasteiger partial charge is 0.419 e. The number of rotatable bonds is 5. The van der Waals surface area contributed by atoms with E-state index in [2.05, 4.69) is 16.7 Å². The highest BCUT2D eigenvalue weighted by Gasteiger charge is 2.23. The van der Waals surface area contributed by atoms with E-state index >= 15 is 0 Å². The number of carbonyl (C=O) groups excluding carboxylic acids is 1. The van der Waals surface area contributed by atoms with Crippen molar-refractivity contribution in [1.29, 1.82) is 5.26 Å². The Bertz CT molecular complexity index is 1220. The third kappa shape index (κ3) is 4.70. The van der Waals surface area contributed by atoms with Crippen LogP contribution in [-0.2, 0) is 23.0 Å². The number of hydrogen-bond acceptors (Lipinski definition) is 6. The van der Waals surface area contributed by atoms with E-state index in [0.29, 0.717) is 35.7 Å². The minimum absolute atomic E-state index is 0.281. The van der Waals surface area contributed by atoms with E-state index in [0.717, 1.165) is 29.7 Å². The molecule has 1 aliphatic rings. The first-order valence-corrected chi connectivity index (χ1v) is 10.7. The Morgan fingerprint density at radius 3 is 2.88 bits per heavy atom. The maximum atomic E-state index is 12.4. The Hall–Kier alpha value is -3.12. The molecule has 2 heterocycles. The molecule has 8 nitrogen and oxygen atoms in total. The summed E-state index contributed by atoms with van der Waals surface area (Å²) in [5.74, 6) is -0.750. The van der Waals surface area contributed by atoms with Gasteiger partial charge in [0, 0.05) is 26.6 Å². The smallest absolute Gasteiger partial charge is 0.406 e. The molecule has 32 heavy (non-hydrogen) atoms. The zero-order chi connectivity index (χ0) is 22.7. The van der Waals surface area contributed by atoms with Crippen LogP contribution in [-0.4, -0.2) is 42.3 Å². The van der Waals surface area contributed by atoms with Gasteiger partial charge in [-0.25, -0.2) is 4.79 Å². The number of amides is 1. The molecule has 1 aromatic heterocycles. The van der Waals surface area contributed by atoms with Gasteiger partial charge in [0.1, 0.15) is 12.1 Å². The van der Waals surface area contributed by atoms with Crippen LogP contribution in [0.3, 0.4) is 0 Å². The molecule has 1 fully saturated rings. The van der Waals surface area contributed by atoms with Crippen LogP contribution in [0, 0.1) is 11.3 Å². The molecule has 0 aliphatic carbocycles. The molecule has 0 radical (unpaired) electrons. The Kier molecular flexibility index (Phi) is 6.61. The molecule has 0 spiro atoms. The molecule has 1 saturated heterocycles. The van der Waals surface area contributed by atoms with Crippen LogP contribution in [0.25, 0.3) is 22.2 Å². The van der Waals surface area contributed by atoms with Gasteiger partial charge in [0.25, 0.3) is 5.91 Å². The average molecular weight is 455 g/mol. The summed E-state index contributed by atoms with van der Waals surface area (Å²) in [6, 6.07) is 12.7. The van der Waals surface area contributed by atoms with Crippen LogP contribution < -0.4 is 16.4 Å². The second-order valence-corrected chi connectivity index (χ2v) is 8.15. The SMILES string of the molecule is Cn1c(=O)oc2c(Cl)cc(-c3ccc(C[C@@H](C#N)NC(=O)[C@@H]4CNCCCO4)cc3)cc21. The maximum Gasteiger partial charge on any atom is 0.419 e. The van der Waals surface area contributed by atoms with Crippen LogP contribution >= 0.6 is 11.6 Å². The van der Waals surface area contributed by atoms with Gasteiger partial charge in [-0.05, 0) is 41.8 Å². The minimum atomic E-state index is -0.661. The van der Waals surface area contributed by atoms with Crippen molar-refractivity contribution in [1.82, 2.24) is 15.2 Å². The van der Waals surface area contributed by atoms with Gasteiger partial charge in [0.05, 0.1) is 16.6 Å². The van der Waals surface area contributed by atoms with Crippen LogP contribution in [0.1, 0.15) is 12.0 Å². The standard InChI is InChI=1S/C23H23ClN4O4/c1-28-19-11-16(10-18(24)21(19)32-23(28)30)15-5-3-14(4-6-15)9-17(12-25)27-22(29)20-13-26-7-2-8-31-20/h3-6,10-11,17,20,26H,2,7-9,13H2,1H3,(H,27,29)/t17-,20-/m0/s1. The number of benzene rings is 2. The van der Waals surface area contributed by atoms with Gasteiger partial charge in [-0.15, -0.1) is 0 Å². The number of oxazole rings is 1. The predicted octanol–water partition coefficient (Wildman–Crippen LogP) is 2.38. The van der Waals surface area contributed by atoms with Gasteiger partial charge in [-0.1, -0.05) is 35.9 Å². The summed E-state index contributed by atoms with van der Waals surface area (Å²) in [4.78, 5) is 24.2. The quantitative estimate of drug-likeness (QED) is 0.612. The van der Waals surface area contributed by atoms with Gasteiger partial charge in [0.15, 0.2) is 5.58 Å².